The van der Waals surface area contributed by atoms with Gasteiger partial charge in [0.05, 0.1) is 0 Å². The van der Waals surface area contributed by atoms with Crippen molar-refractivity contribution in [2.75, 3.05) is 0 Å². The van der Waals surface area contributed by atoms with Crippen LogP contribution in [0, 0.1) is 0 Å². The summed E-state index contributed by atoms with van der Waals surface area (Å²) in [5, 5.41) is 9.66. The molecule has 38 valence electrons. The van der Waals surface area contributed by atoms with E-state index in [0.29, 0.717) is 0 Å². The predicted molar refractivity (Wildman–Crippen MR) is 27.7 cm³/mol. The van der Waals surface area contributed by atoms with E-state index in [-0.39, 0.29) is 0 Å². The van der Waals surface area contributed by atoms with Gasteiger partial charge in [0.2, 0.25) is 0 Å². The van der Waals surface area contributed by atoms with Crippen LogP contribution < -0.4 is 5.84 Å². The smallest absolute Gasteiger partial charge is 0.157 e. The maximum atomic E-state index is 4.65. The molecule has 0 aromatic heterocycles. The number of rotatable bonds is 2. The molecule has 0 aliphatic heterocycles. The normalized spacial score (nSPS) is 10.9. The SMILES string of the molecule is C=CN=NC=NN. The summed E-state index contributed by atoms with van der Waals surface area (Å²) in [7, 11) is 0. The first-order valence-corrected chi connectivity index (χ1v) is 1.64. The Hall–Kier alpha value is -1.19. The standard InChI is InChI=1S/C3H6N4/c1-2-6-7-3-5-4/h2-3H,1,4H2. The monoisotopic (exact) mass is 98.1 g/mol. The van der Waals surface area contributed by atoms with E-state index in [1.54, 1.807) is 0 Å². The Bertz CT molecular complexity index is 93.1. The molecule has 0 saturated heterocycles. The van der Waals surface area contributed by atoms with E-state index in [4.69, 9.17) is 0 Å². The highest BCUT2D eigenvalue weighted by Gasteiger charge is 1.53. The number of hydrogen-bond donors (Lipinski definition) is 1. The Morgan fingerprint density at radius 2 is 2.14 bits per heavy atom. The molecule has 0 aliphatic rings. The second-order valence-electron chi connectivity index (χ2n) is 0.678. The summed E-state index contributed by atoms with van der Waals surface area (Å²) in [6.07, 6.45) is 2.42. The van der Waals surface area contributed by atoms with Crippen molar-refractivity contribution in [2.24, 2.45) is 21.2 Å². The number of azo groups is 1. The van der Waals surface area contributed by atoms with E-state index < -0.39 is 0 Å². The molecule has 0 aliphatic carbocycles. The lowest BCUT2D eigenvalue weighted by Crippen LogP contribution is -1.76. The van der Waals surface area contributed by atoms with Gasteiger partial charge < -0.3 is 5.84 Å². The van der Waals surface area contributed by atoms with Crippen LogP contribution in [0.4, 0.5) is 0 Å². The molecule has 0 aromatic rings. The molecule has 7 heavy (non-hydrogen) atoms. The summed E-state index contributed by atoms with van der Waals surface area (Å²) < 4.78 is 0. The molecule has 0 amide bonds. The van der Waals surface area contributed by atoms with Crippen LogP contribution in [0.5, 0.6) is 0 Å². The molecule has 0 bridgehead atoms. The van der Waals surface area contributed by atoms with Crippen molar-refractivity contribution >= 4 is 6.34 Å². The predicted octanol–water partition coefficient (Wildman–Crippen LogP) is 0.484. The van der Waals surface area contributed by atoms with Gasteiger partial charge in [-0.1, -0.05) is 6.58 Å². The quantitative estimate of drug-likeness (QED) is 0.176. The summed E-state index contributed by atoms with van der Waals surface area (Å²) in [6, 6.07) is 0. The summed E-state index contributed by atoms with van der Waals surface area (Å²) in [4.78, 5) is 0. The van der Waals surface area contributed by atoms with Crippen molar-refractivity contribution in [3.8, 4) is 0 Å². The van der Waals surface area contributed by atoms with Crippen LogP contribution in [0.25, 0.3) is 0 Å². The molecule has 4 heteroatoms. The van der Waals surface area contributed by atoms with Crippen molar-refractivity contribution in [3.63, 3.8) is 0 Å². The third-order valence-electron chi connectivity index (χ3n) is 0.267. The molecule has 0 saturated carbocycles. The van der Waals surface area contributed by atoms with E-state index in [1.807, 2.05) is 0 Å². The first-order chi connectivity index (χ1) is 3.41. The zero-order valence-corrected chi connectivity index (χ0v) is 3.78. The molecule has 0 fully saturated rings. The molecule has 0 aromatic carbocycles. The van der Waals surface area contributed by atoms with E-state index in [9.17, 15) is 0 Å². The Morgan fingerprint density at radius 1 is 1.43 bits per heavy atom. The highest BCUT2D eigenvalue weighted by Crippen LogP contribution is 1.66. The maximum Gasteiger partial charge on any atom is 0.157 e. The summed E-state index contributed by atoms with van der Waals surface area (Å²) >= 11 is 0. The van der Waals surface area contributed by atoms with Gasteiger partial charge in [-0.2, -0.15) is 10.2 Å². The molecule has 0 rings (SSSR count). The lowest BCUT2D eigenvalue weighted by molar-refractivity contribution is 1.21. The van der Waals surface area contributed by atoms with Gasteiger partial charge in [-0.25, -0.2) is 0 Å². The Morgan fingerprint density at radius 3 is 2.57 bits per heavy atom. The van der Waals surface area contributed by atoms with Gasteiger partial charge in [0.1, 0.15) is 0 Å². The second kappa shape index (κ2) is 4.81. The Labute approximate surface area is 41.4 Å². The molecular formula is C3H6N4. The Kier molecular flexibility index (Phi) is 3.99. The van der Waals surface area contributed by atoms with E-state index >= 15 is 0 Å². The highest BCUT2D eigenvalue weighted by molar-refractivity contribution is 5.53. The number of hydrogen-bond acceptors (Lipinski definition) is 3. The average molecular weight is 98.1 g/mol. The molecule has 0 radical (unpaired) electrons. The van der Waals surface area contributed by atoms with Crippen molar-refractivity contribution in [3.05, 3.63) is 12.8 Å². The molecule has 0 unspecified atom stereocenters. The fraction of sp³-hybridized carbons (Fsp3) is 0. The van der Waals surface area contributed by atoms with Gasteiger partial charge >= 0.3 is 0 Å². The molecule has 2 N–H and O–H groups in total. The van der Waals surface area contributed by atoms with Crippen molar-refractivity contribution in [2.45, 2.75) is 0 Å². The topological polar surface area (TPSA) is 63.1 Å². The van der Waals surface area contributed by atoms with E-state index in [2.05, 4.69) is 27.8 Å². The van der Waals surface area contributed by atoms with Gasteiger partial charge in [-0.15, -0.1) is 5.11 Å². The maximum absolute atomic E-state index is 4.65. The van der Waals surface area contributed by atoms with Gasteiger partial charge in [0.15, 0.2) is 6.34 Å². The van der Waals surface area contributed by atoms with E-state index in [0.717, 1.165) is 6.34 Å². The first kappa shape index (κ1) is 5.81. The van der Waals surface area contributed by atoms with Crippen LogP contribution in [0.1, 0.15) is 0 Å². The number of nitrogens with two attached hydrogens (primary N) is 1. The fourth-order valence-corrected chi connectivity index (χ4v) is 0.107. The zero-order chi connectivity index (χ0) is 5.54. The number of nitrogens with zero attached hydrogens (tertiary/aromatic N) is 3. The first-order valence-electron chi connectivity index (χ1n) is 1.64. The average Bonchev–Trinajstić information content (AvgIpc) is 1.69. The lowest BCUT2D eigenvalue weighted by Gasteiger charge is -1.66. The third-order valence-corrected chi connectivity index (χ3v) is 0.267. The van der Waals surface area contributed by atoms with Gasteiger partial charge in [0.25, 0.3) is 0 Å². The molecule has 0 heterocycles. The largest absolute Gasteiger partial charge is 0.322 e. The second-order valence-corrected chi connectivity index (χ2v) is 0.678. The minimum Gasteiger partial charge on any atom is -0.322 e. The minimum atomic E-state index is 1.13. The van der Waals surface area contributed by atoms with Crippen molar-refractivity contribution in [1.82, 2.24) is 0 Å². The van der Waals surface area contributed by atoms with Crippen LogP contribution in [-0.4, -0.2) is 6.34 Å². The summed E-state index contributed by atoms with van der Waals surface area (Å²) in [5.74, 6) is 4.65. The van der Waals surface area contributed by atoms with Gasteiger partial charge in [-0.3, -0.25) is 0 Å². The lowest BCUT2D eigenvalue weighted by atomic mass is 11.1. The van der Waals surface area contributed by atoms with Crippen LogP contribution in [0.15, 0.2) is 28.1 Å². The zero-order valence-electron chi connectivity index (χ0n) is 3.78. The third kappa shape index (κ3) is 4.81. The minimum absolute atomic E-state index is 1.13. The van der Waals surface area contributed by atoms with Crippen LogP contribution in [0.2, 0.25) is 0 Å². The van der Waals surface area contributed by atoms with Crippen molar-refractivity contribution in [1.29, 1.82) is 0 Å². The summed E-state index contributed by atoms with van der Waals surface area (Å²) in [6.45, 7) is 3.27. The molecule has 4 nitrogen and oxygen atoms in total. The summed E-state index contributed by atoms with van der Waals surface area (Å²) in [5.41, 5.74) is 0. The van der Waals surface area contributed by atoms with Crippen molar-refractivity contribution < 1.29 is 0 Å². The Balaban J connectivity index is 3.27. The highest BCUT2D eigenvalue weighted by atomic mass is 15.2. The van der Waals surface area contributed by atoms with E-state index in [1.165, 1.54) is 6.20 Å². The van der Waals surface area contributed by atoms with Crippen LogP contribution in [-0.2, 0) is 0 Å². The number of hydrazone groups is 1. The van der Waals surface area contributed by atoms with Crippen LogP contribution in [0.3, 0.4) is 0 Å². The van der Waals surface area contributed by atoms with Crippen LogP contribution >= 0.6 is 0 Å². The van der Waals surface area contributed by atoms with Gasteiger partial charge in [0, 0.05) is 6.20 Å². The van der Waals surface area contributed by atoms with Gasteiger partial charge in [-0.05, 0) is 0 Å². The molecule has 0 atom stereocenters. The fourth-order valence-electron chi connectivity index (χ4n) is 0.107. The molecule has 0 spiro atoms. The molecular weight excluding hydrogens is 92.1 g/mol.